The highest BCUT2D eigenvalue weighted by Crippen LogP contribution is 2.25. The van der Waals surface area contributed by atoms with Crippen molar-refractivity contribution in [3.63, 3.8) is 0 Å². The molecule has 0 saturated carbocycles. The highest BCUT2D eigenvalue weighted by molar-refractivity contribution is 5.87. The Labute approximate surface area is 137 Å². The molecule has 1 aliphatic rings. The molecular weight excluding hydrogens is 290 g/mol. The van der Waals surface area contributed by atoms with Gasteiger partial charge in [-0.2, -0.15) is 0 Å². The van der Waals surface area contributed by atoms with Crippen LogP contribution in [0, 0.1) is 0 Å². The molecule has 1 aromatic carbocycles. The summed E-state index contributed by atoms with van der Waals surface area (Å²) < 4.78 is 7.77. The van der Waals surface area contributed by atoms with E-state index < -0.39 is 0 Å². The van der Waals surface area contributed by atoms with Gasteiger partial charge in [-0.1, -0.05) is 13.0 Å². The van der Waals surface area contributed by atoms with Crippen LogP contribution >= 0.6 is 0 Å². The van der Waals surface area contributed by atoms with Crippen LogP contribution in [0.1, 0.15) is 19.8 Å². The van der Waals surface area contributed by atoms with E-state index in [1.807, 2.05) is 42.1 Å². The zero-order valence-electron chi connectivity index (χ0n) is 13.9. The average molecular weight is 315 g/mol. The van der Waals surface area contributed by atoms with Crippen LogP contribution < -0.4 is 10.1 Å². The predicted octanol–water partition coefficient (Wildman–Crippen LogP) is 2.16. The number of hydrogen-bond donors (Lipinski definition) is 1. The van der Waals surface area contributed by atoms with E-state index in [0.717, 1.165) is 36.2 Å². The number of nitrogens with zero attached hydrogens (tertiary/aromatic N) is 2. The summed E-state index contributed by atoms with van der Waals surface area (Å²) >= 11 is 0. The second-order valence-electron chi connectivity index (χ2n) is 6.13. The zero-order valence-corrected chi connectivity index (χ0v) is 13.9. The van der Waals surface area contributed by atoms with E-state index in [1.165, 1.54) is 6.42 Å². The standard InChI is InChI=1S/C18H25N3O2/c1-3-21-10-5-6-14(21)12-19-18(22)13-23-17-8-4-7-16-15(17)9-11-20(16)2/h4,7-9,11,14H,3,5-6,10,12-13H2,1-2H3,(H,19,22)/t14-/m1/s1. The normalized spacial score (nSPS) is 18.4. The van der Waals surface area contributed by atoms with E-state index in [1.54, 1.807) is 0 Å². The van der Waals surface area contributed by atoms with Crippen LogP contribution in [0.15, 0.2) is 30.5 Å². The molecule has 5 nitrogen and oxygen atoms in total. The number of amides is 1. The number of benzene rings is 1. The van der Waals surface area contributed by atoms with Crippen molar-refractivity contribution in [3.05, 3.63) is 30.5 Å². The van der Waals surface area contributed by atoms with Crippen LogP contribution in [0.5, 0.6) is 5.75 Å². The fourth-order valence-corrected chi connectivity index (χ4v) is 3.37. The summed E-state index contributed by atoms with van der Waals surface area (Å²) in [5.41, 5.74) is 1.10. The Balaban J connectivity index is 1.52. The third-order valence-corrected chi connectivity index (χ3v) is 4.69. The molecule has 3 rings (SSSR count). The first-order valence-corrected chi connectivity index (χ1v) is 8.36. The van der Waals surface area contributed by atoms with Crippen molar-refractivity contribution in [2.45, 2.75) is 25.8 Å². The van der Waals surface area contributed by atoms with Gasteiger partial charge in [0, 0.05) is 31.2 Å². The molecule has 23 heavy (non-hydrogen) atoms. The maximum Gasteiger partial charge on any atom is 0.257 e. The second-order valence-corrected chi connectivity index (χ2v) is 6.13. The Bertz CT molecular complexity index is 680. The molecule has 1 N–H and O–H groups in total. The third-order valence-electron chi connectivity index (χ3n) is 4.69. The van der Waals surface area contributed by atoms with Gasteiger partial charge in [-0.05, 0) is 44.1 Å². The Morgan fingerprint density at radius 3 is 3.09 bits per heavy atom. The molecule has 0 radical (unpaired) electrons. The number of fused-ring (bicyclic) bond motifs is 1. The van der Waals surface area contributed by atoms with Gasteiger partial charge >= 0.3 is 0 Å². The maximum absolute atomic E-state index is 12.0. The first-order chi connectivity index (χ1) is 11.2. The average Bonchev–Trinajstić information content (AvgIpc) is 3.18. The number of likely N-dealkylation sites (tertiary alicyclic amines) is 1. The number of aromatic nitrogens is 1. The van der Waals surface area contributed by atoms with Gasteiger partial charge < -0.3 is 14.6 Å². The van der Waals surface area contributed by atoms with E-state index in [9.17, 15) is 4.79 Å². The Morgan fingerprint density at radius 2 is 2.26 bits per heavy atom. The lowest BCUT2D eigenvalue weighted by atomic mass is 10.2. The number of rotatable bonds is 6. The molecule has 2 aromatic rings. The van der Waals surface area contributed by atoms with Crippen molar-refractivity contribution >= 4 is 16.8 Å². The molecule has 5 heteroatoms. The van der Waals surface area contributed by atoms with Crippen LogP contribution in [0.3, 0.4) is 0 Å². The van der Waals surface area contributed by atoms with Crippen LogP contribution in [-0.4, -0.2) is 47.7 Å². The minimum Gasteiger partial charge on any atom is -0.483 e. The van der Waals surface area contributed by atoms with E-state index in [-0.39, 0.29) is 12.5 Å². The summed E-state index contributed by atoms with van der Waals surface area (Å²) in [6.45, 7) is 5.14. The molecule has 1 atom stereocenters. The van der Waals surface area contributed by atoms with Crippen molar-refractivity contribution in [3.8, 4) is 5.75 Å². The topological polar surface area (TPSA) is 46.5 Å². The molecule has 0 unspecified atom stereocenters. The lowest BCUT2D eigenvalue weighted by Crippen LogP contribution is -2.41. The highest BCUT2D eigenvalue weighted by atomic mass is 16.5. The summed E-state index contributed by atoms with van der Waals surface area (Å²) in [5.74, 6) is 0.704. The number of hydrogen-bond acceptors (Lipinski definition) is 3. The van der Waals surface area contributed by atoms with Gasteiger partial charge in [0.1, 0.15) is 5.75 Å². The summed E-state index contributed by atoms with van der Waals surface area (Å²) in [4.78, 5) is 14.5. The summed E-state index contributed by atoms with van der Waals surface area (Å²) in [5, 5.41) is 4.04. The number of likely N-dealkylation sites (N-methyl/N-ethyl adjacent to an activating group) is 1. The maximum atomic E-state index is 12.0. The molecule has 1 amide bonds. The molecule has 0 spiro atoms. The van der Waals surface area contributed by atoms with Gasteiger partial charge in [0.2, 0.25) is 0 Å². The Hall–Kier alpha value is -2.01. The van der Waals surface area contributed by atoms with Crippen molar-refractivity contribution in [2.75, 3.05) is 26.2 Å². The monoisotopic (exact) mass is 315 g/mol. The SMILES string of the molecule is CCN1CCC[C@@H]1CNC(=O)COc1cccc2c1ccn2C. The van der Waals surface area contributed by atoms with Crippen molar-refractivity contribution < 1.29 is 9.53 Å². The number of nitrogens with one attached hydrogen (secondary N) is 1. The number of carbonyl (C=O) groups is 1. The van der Waals surface area contributed by atoms with E-state index >= 15 is 0 Å². The largest absolute Gasteiger partial charge is 0.483 e. The third kappa shape index (κ3) is 3.50. The molecular formula is C18H25N3O2. The predicted molar refractivity (Wildman–Crippen MR) is 91.7 cm³/mol. The van der Waals surface area contributed by atoms with Gasteiger partial charge in [-0.25, -0.2) is 0 Å². The number of carbonyl (C=O) groups excluding carboxylic acids is 1. The Morgan fingerprint density at radius 1 is 1.39 bits per heavy atom. The van der Waals surface area contributed by atoms with Crippen molar-refractivity contribution in [2.24, 2.45) is 7.05 Å². The van der Waals surface area contributed by atoms with E-state index in [4.69, 9.17) is 4.74 Å². The van der Waals surface area contributed by atoms with Crippen LogP contribution in [0.25, 0.3) is 10.9 Å². The van der Waals surface area contributed by atoms with Gasteiger partial charge in [0.25, 0.3) is 5.91 Å². The second kappa shape index (κ2) is 7.04. The first-order valence-electron chi connectivity index (χ1n) is 8.36. The van der Waals surface area contributed by atoms with Crippen LogP contribution in [0.2, 0.25) is 0 Å². The fourth-order valence-electron chi connectivity index (χ4n) is 3.37. The molecule has 124 valence electrons. The van der Waals surface area contributed by atoms with Gasteiger partial charge in [-0.3, -0.25) is 9.69 Å². The smallest absolute Gasteiger partial charge is 0.257 e. The minimum atomic E-state index is -0.0547. The zero-order chi connectivity index (χ0) is 16.2. The molecule has 2 heterocycles. The van der Waals surface area contributed by atoms with Gasteiger partial charge in [-0.15, -0.1) is 0 Å². The van der Waals surface area contributed by atoms with Crippen LogP contribution in [0.4, 0.5) is 0 Å². The summed E-state index contributed by atoms with van der Waals surface area (Å²) in [6.07, 6.45) is 4.39. The molecule has 0 bridgehead atoms. The fraction of sp³-hybridized carbons (Fsp3) is 0.500. The molecule has 0 aliphatic carbocycles. The van der Waals surface area contributed by atoms with E-state index in [2.05, 4.69) is 17.1 Å². The van der Waals surface area contributed by atoms with Crippen LogP contribution in [-0.2, 0) is 11.8 Å². The lowest BCUT2D eigenvalue weighted by Gasteiger charge is -2.22. The molecule has 1 fully saturated rings. The molecule has 1 aliphatic heterocycles. The molecule has 1 saturated heterocycles. The Kier molecular flexibility index (Phi) is 4.86. The van der Waals surface area contributed by atoms with Crippen molar-refractivity contribution in [1.82, 2.24) is 14.8 Å². The summed E-state index contributed by atoms with van der Waals surface area (Å²) in [6, 6.07) is 8.39. The van der Waals surface area contributed by atoms with Gasteiger partial charge in [0.15, 0.2) is 6.61 Å². The van der Waals surface area contributed by atoms with E-state index in [0.29, 0.717) is 12.6 Å². The number of ether oxygens (including phenoxy) is 1. The lowest BCUT2D eigenvalue weighted by molar-refractivity contribution is -0.123. The van der Waals surface area contributed by atoms with Crippen molar-refractivity contribution in [1.29, 1.82) is 0 Å². The minimum absolute atomic E-state index is 0.0547. The number of aryl methyl sites for hydroxylation is 1. The highest BCUT2D eigenvalue weighted by Gasteiger charge is 2.23. The molecule has 1 aromatic heterocycles. The van der Waals surface area contributed by atoms with Gasteiger partial charge in [0.05, 0.1) is 5.52 Å². The first kappa shape index (κ1) is 15.9. The summed E-state index contributed by atoms with van der Waals surface area (Å²) in [7, 11) is 2.00. The quantitative estimate of drug-likeness (QED) is 0.888.